The zero-order valence-corrected chi connectivity index (χ0v) is 6.85. The maximum Gasteiger partial charge on any atom is 0.0719 e. The smallest absolute Gasteiger partial charge is 0.0719 e. The Morgan fingerprint density at radius 1 is 1.67 bits per heavy atom. The zero-order valence-electron chi connectivity index (χ0n) is 6.85. The van der Waals surface area contributed by atoms with Gasteiger partial charge >= 0.3 is 0 Å². The van der Waals surface area contributed by atoms with Gasteiger partial charge < -0.3 is 10.8 Å². The van der Waals surface area contributed by atoms with Crippen LogP contribution in [0.2, 0.25) is 0 Å². The average Bonchev–Trinajstić information content (AvgIpc) is 2.67. The molecule has 0 amide bonds. The van der Waals surface area contributed by atoms with Crippen molar-refractivity contribution in [2.24, 2.45) is 11.8 Å². The molecular weight excluding hydrogens is 154 g/mol. The number of hydrogen-bond donors (Lipinski definition) is 2. The third-order valence-corrected chi connectivity index (χ3v) is 2.38. The van der Waals surface area contributed by atoms with E-state index in [-0.39, 0.29) is 0 Å². The average molecular weight is 167 g/mol. The number of aliphatic hydroxyl groups is 1. The van der Waals surface area contributed by atoms with Crippen LogP contribution in [-0.4, -0.2) is 21.5 Å². The highest BCUT2D eigenvalue weighted by Gasteiger charge is 2.36. The quantitative estimate of drug-likeness (QED) is 0.670. The molecule has 0 bridgehead atoms. The molecule has 0 aliphatic heterocycles. The summed E-state index contributed by atoms with van der Waals surface area (Å²) in [5.41, 5.74) is 6.21. The standard InChI is InChI=1S/C8H13N3O/c9-8-2-10-11(4-8)3-6-1-7(6)5-12/h2,4,6-7,12H,1,3,5,9H2/t6-,7-/m0/s1. The molecule has 0 saturated heterocycles. The second-order valence-corrected chi connectivity index (χ2v) is 3.43. The Morgan fingerprint density at radius 3 is 3.00 bits per heavy atom. The minimum absolute atomic E-state index is 0.307. The van der Waals surface area contributed by atoms with Gasteiger partial charge in [0.05, 0.1) is 11.9 Å². The van der Waals surface area contributed by atoms with Crippen LogP contribution >= 0.6 is 0 Å². The first-order valence-corrected chi connectivity index (χ1v) is 4.18. The van der Waals surface area contributed by atoms with E-state index in [1.165, 1.54) is 0 Å². The maximum atomic E-state index is 8.81. The molecule has 0 spiro atoms. The van der Waals surface area contributed by atoms with E-state index < -0.39 is 0 Å². The Hall–Kier alpha value is -1.03. The van der Waals surface area contributed by atoms with Crippen molar-refractivity contribution < 1.29 is 5.11 Å². The minimum Gasteiger partial charge on any atom is -0.396 e. The summed E-state index contributed by atoms with van der Waals surface area (Å²) in [6.45, 7) is 1.20. The van der Waals surface area contributed by atoms with E-state index in [0.29, 0.717) is 24.1 Å². The normalized spacial score (nSPS) is 27.4. The van der Waals surface area contributed by atoms with E-state index >= 15 is 0 Å². The van der Waals surface area contributed by atoms with Crippen molar-refractivity contribution in [2.75, 3.05) is 12.3 Å². The van der Waals surface area contributed by atoms with Gasteiger partial charge in [0.15, 0.2) is 0 Å². The lowest BCUT2D eigenvalue weighted by molar-refractivity contribution is 0.265. The highest BCUT2D eigenvalue weighted by Crippen LogP contribution is 2.38. The van der Waals surface area contributed by atoms with E-state index in [1.54, 1.807) is 6.20 Å². The van der Waals surface area contributed by atoms with Crippen LogP contribution in [0.1, 0.15) is 6.42 Å². The largest absolute Gasteiger partial charge is 0.396 e. The summed E-state index contributed by atoms with van der Waals surface area (Å²) >= 11 is 0. The van der Waals surface area contributed by atoms with Crippen LogP contribution < -0.4 is 5.73 Å². The first-order valence-electron chi connectivity index (χ1n) is 4.18. The molecule has 66 valence electrons. The van der Waals surface area contributed by atoms with Gasteiger partial charge in [-0.1, -0.05) is 0 Å². The predicted molar refractivity (Wildman–Crippen MR) is 45.3 cm³/mol. The molecule has 2 atom stereocenters. The molecule has 3 N–H and O–H groups in total. The maximum absolute atomic E-state index is 8.81. The number of nitrogens with zero attached hydrogens (tertiary/aromatic N) is 2. The van der Waals surface area contributed by atoms with Crippen LogP contribution in [0.5, 0.6) is 0 Å². The molecule has 2 rings (SSSR count). The SMILES string of the molecule is Nc1cnn(C[C@@H]2C[C@H]2CO)c1. The van der Waals surface area contributed by atoms with Crippen LogP contribution in [0, 0.1) is 11.8 Å². The van der Waals surface area contributed by atoms with Crippen molar-refractivity contribution in [3.8, 4) is 0 Å². The molecule has 12 heavy (non-hydrogen) atoms. The Morgan fingerprint density at radius 2 is 2.50 bits per heavy atom. The first kappa shape index (κ1) is 7.61. The van der Waals surface area contributed by atoms with Crippen molar-refractivity contribution in [1.29, 1.82) is 0 Å². The Kier molecular flexibility index (Phi) is 1.77. The first-order chi connectivity index (χ1) is 5.79. The number of aliphatic hydroxyl groups excluding tert-OH is 1. The van der Waals surface area contributed by atoms with Crippen LogP contribution in [0.15, 0.2) is 12.4 Å². The summed E-state index contributed by atoms with van der Waals surface area (Å²) in [6, 6.07) is 0. The van der Waals surface area contributed by atoms with E-state index in [9.17, 15) is 0 Å². The number of nitrogen functional groups attached to an aromatic ring is 1. The number of nitrogens with two attached hydrogens (primary N) is 1. The molecule has 0 unspecified atom stereocenters. The molecule has 1 aliphatic carbocycles. The summed E-state index contributed by atoms with van der Waals surface area (Å²) in [6.07, 6.45) is 4.60. The predicted octanol–water partition coefficient (Wildman–Crippen LogP) is 0.0937. The molecule has 4 nitrogen and oxygen atoms in total. The zero-order chi connectivity index (χ0) is 8.55. The van der Waals surface area contributed by atoms with Crippen molar-refractivity contribution in [3.05, 3.63) is 12.4 Å². The van der Waals surface area contributed by atoms with Crippen molar-refractivity contribution in [3.63, 3.8) is 0 Å². The molecule has 4 heteroatoms. The lowest BCUT2D eigenvalue weighted by Gasteiger charge is -1.97. The summed E-state index contributed by atoms with van der Waals surface area (Å²) < 4.78 is 1.84. The second kappa shape index (κ2) is 2.79. The summed E-state index contributed by atoms with van der Waals surface area (Å²) in [7, 11) is 0. The molecule has 0 aromatic carbocycles. The Labute approximate surface area is 71.0 Å². The Bertz CT molecular complexity index is 271. The van der Waals surface area contributed by atoms with Gasteiger partial charge in [0.2, 0.25) is 0 Å². The fourth-order valence-electron chi connectivity index (χ4n) is 1.48. The summed E-state index contributed by atoms with van der Waals surface area (Å²) in [4.78, 5) is 0. The van der Waals surface area contributed by atoms with E-state index in [2.05, 4.69) is 5.10 Å². The summed E-state index contributed by atoms with van der Waals surface area (Å²) in [5, 5.41) is 12.9. The topological polar surface area (TPSA) is 64.1 Å². The van der Waals surface area contributed by atoms with Crippen molar-refractivity contribution in [2.45, 2.75) is 13.0 Å². The van der Waals surface area contributed by atoms with E-state index in [4.69, 9.17) is 10.8 Å². The van der Waals surface area contributed by atoms with Gasteiger partial charge in [-0.25, -0.2) is 0 Å². The van der Waals surface area contributed by atoms with Crippen LogP contribution in [0.25, 0.3) is 0 Å². The van der Waals surface area contributed by atoms with Gasteiger partial charge in [-0.2, -0.15) is 5.10 Å². The van der Waals surface area contributed by atoms with Crippen molar-refractivity contribution >= 4 is 5.69 Å². The van der Waals surface area contributed by atoms with Gasteiger partial charge in [0, 0.05) is 19.3 Å². The van der Waals surface area contributed by atoms with E-state index in [0.717, 1.165) is 13.0 Å². The molecule has 1 fully saturated rings. The fraction of sp³-hybridized carbons (Fsp3) is 0.625. The molecule has 1 saturated carbocycles. The minimum atomic E-state index is 0.307. The number of aromatic nitrogens is 2. The summed E-state index contributed by atoms with van der Waals surface area (Å²) in [5.74, 6) is 1.10. The highest BCUT2D eigenvalue weighted by molar-refractivity contribution is 5.30. The van der Waals surface area contributed by atoms with Crippen molar-refractivity contribution in [1.82, 2.24) is 9.78 Å². The number of anilines is 1. The number of hydrogen-bond acceptors (Lipinski definition) is 3. The highest BCUT2D eigenvalue weighted by atomic mass is 16.3. The van der Waals surface area contributed by atoms with Crippen LogP contribution in [0.4, 0.5) is 5.69 Å². The third kappa shape index (κ3) is 1.43. The van der Waals surface area contributed by atoms with Gasteiger partial charge in [-0.3, -0.25) is 4.68 Å². The van der Waals surface area contributed by atoms with Gasteiger partial charge in [0.1, 0.15) is 0 Å². The van der Waals surface area contributed by atoms with Gasteiger partial charge in [-0.05, 0) is 18.3 Å². The lowest BCUT2D eigenvalue weighted by Crippen LogP contribution is -2.02. The fourth-order valence-corrected chi connectivity index (χ4v) is 1.48. The second-order valence-electron chi connectivity index (χ2n) is 3.43. The monoisotopic (exact) mass is 167 g/mol. The number of rotatable bonds is 3. The van der Waals surface area contributed by atoms with Crippen LogP contribution in [0.3, 0.4) is 0 Å². The van der Waals surface area contributed by atoms with Crippen LogP contribution in [-0.2, 0) is 6.54 Å². The lowest BCUT2D eigenvalue weighted by atomic mass is 10.3. The van der Waals surface area contributed by atoms with E-state index in [1.807, 2.05) is 10.9 Å². The Balaban J connectivity index is 1.89. The molecule has 1 aromatic rings. The molecule has 1 aromatic heterocycles. The van der Waals surface area contributed by atoms with Gasteiger partial charge in [0.25, 0.3) is 0 Å². The molecule has 1 aliphatic rings. The third-order valence-electron chi connectivity index (χ3n) is 2.38. The van der Waals surface area contributed by atoms with Gasteiger partial charge in [-0.15, -0.1) is 0 Å². The molecular formula is C8H13N3O. The molecule has 1 heterocycles. The molecule has 0 radical (unpaired) electrons.